The van der Waals surface area contributed by atoms with Gasteiger partial charge in [0.05, 0.1) is 32.2 Å². The molecule has 0 saturated carbocycles. The normalized spacial score (nSPS) is 10.6. The summed E-state index contributed by atoms with van der Waals surface area (Å²) < 4.78 is 12.3. The molecule has 196 valence electrons. The molecule has 0 saturated heterocycles. The minimum absolute atomic E-state index is 0.130. The molecule has 0 aliphatic heterocycles. The van der Waals surface area contributed by atoms with E-state index in [-0.39, 0.29) is 24.1 Å². The zero-order chi connectivity index (χ0) is 27.1. The summed E-state index contributed by atoms with van der Waals surface area (Å²) in [6.45, 7) is 4.20. The number of aromatic nitrogens is 3. The van der Waals surface area contributed by atoms with Crippen molar-refractivity contribution in [3.8, 4) is 17.2 Å². The molecule has 0 radical (unpaired) electrons. The Labute approximate surface area is 225 Å². The summed E-state index contributed by atoms with van der Waals surface area (Å²) in [5, 5.41) is 15.0. The summed E-state index contributed by atoms with van der Waals surface area (Å²) >= 11 is 1.27. The molecule has 2 N–H and O–H groups in total. The number of nitrogens with zero attached hydrogens (tertiary/aromatic N) is 3. The van der Waals surface area contributed by atoms with Crippen LogP contribution < -0.4 is 20.1 Å². The molecule has 0 aliphatic rings. The lowest BCUT2D eigenvalue weighted by Gasteiger charge is -2.15. The third-order valence-corrected chi connectivity index (χ3v) is 6.89. The third kappa shape index (κ3) is 6.33. The predicted octanol–water partition coefficient (Wildman–Crippen LogP) is 4.56. The SMILES string of the molecule is COc1ccc(NC(=O)CSc2nnc(CNC(=O)c3cccc(OC)c3)n2-c2cccc(C)c2C)cc1. The quantitative estimate of drug-likeness (QED) is 0.289. The largest absolute Gasteiger partial charge is 0.497 e. The minimum Gasteiger partial charge on any atom is -0.497 e. The fourth-order valence-corrected chi connectivity index (χ4v) is 4.52. The van der Waals surface area contributed by atoms with Crippen molar-refractivity contribution >= 4 is 29.3 Å². The number of thioether (sulfide) groups is 1. The number of ether oxygens (including phenoxy) is 2. The number of carbonyl (C=O) groups is 2. The number of amides is 2. The second-order valence-electron chi connectivity index (χ2n) is 8.43. The van der Waals surface area contributed by atoms with Crippen LogP contribution in [-0.4, -0.2) is 46.6 Å². The Morgan fingerprint density at radius 3 is 2.39 bits per heavy atom. The lowest BCUT2D eigenvalue weighted by Crippen LogP contribution is -2.25. The standard InChI is InChI=1S/C28H29N5O4S/c1-18-7-5-10-24(19(18)2)33-25(16-29-27(35)20-8-6-9-23(15-20)37-4)31-32-28(33)38-17-26(34)30-21-11-13-22(36-3)14-12-21/h5-15H,16-17H2,1-4H3,(H,29,35)(H,30,34). The van der Waals surface area contributed by atoms with Crippen LogP contribution in [-0.2, 0) is 11.3 Å². The van der Waals surface area contributed by atoms with Gasteiger partial charge in [-0.15, -0.1) is 10.2 Å². The summed E-state index contributed by atoms with van der Waals surface area (Å²) in [4.78, 5) is 25.5. The number of aryl methyl sites for hydroxylation is 1. The van der Waals surface area contributed by atoms with Gasteiger partial charge in [-0.25, -0.2) is 0 Å². The molecule has 1 aromatic heterocycles. The highest BCUT2D eigenvalue weighted by molar-refractivity contribution is 7.99. The highest BCUT2D eigenvalue weighted by Crippen LogP contribution is 2.26. The van der Waals surface area contributed by atoms with Crippen LogP contribution in [0.4, 0.5) is 5.69 Å². The van der Waals surface area contributed by atoms with E-state index in [4.69, 9.17) is 9.47 Å². The van der Waals surface area contributed by atoms with Crippen molar-refractivity contribution in [3.05, 3.63) is 89.2 Å². The van der Waals surface area contributed by atoms with E-state index in [1.807, 2.05) is 36.6 Å². The average Bonchev–Trinajstić information content (AvgIpc) is 3.35. The molecule has 10 heteroatoms. The second kappa shape index (κ2) is 12.3. The number of anilines is 1. The van der Waals surface area contributed by atoms with Gasteiger partial charge in [0.2, 0.25) is 5.91 Å². The molecular formula is C28H29N5O4S. The zero-order valence-electron chi connectivity index (χ0n) is 21.6. The van der Waals surface area contributed by atoms with Gasteiger partial charge in [0, 0.05) is 11.3 Å². The van der Waals surface area contributed by atoms with Crippen molar-refractivity contribution in [1.29, 1.82) is 0 Å². The number of carbonyl (C=O) groups excluding carboxylic acids is 2. The van der Waals surface area contributed by atoms with Crippen LogP contribution in [0.3, 0.4) is 0 Å². The fourth-order valence-electron chi connectivity index (χ4n) is 3.76. The van der Waals surface area contributed by atoms with Gasteiger partial charge < -0.3 is 20.1 Å². The molecule has 0 atom stereocenters. The summed E-state index contributed by atoms with van der Waals surface area (Å²) in [5.74, 6) is 1.56. The molecule has 3 aromatic carbocycles. The summed E-state index contributed by atoms with van der Waals surface area (Å²) in [6.07, 6.45) is 0. The van der Waals surface area contributed by atoms with E-state index in [1.54, 1.807) is 62.8 Å². The number of rotatable bonds is 10. The van der Waals surface area contributed by atoms with Gasteiger partial charge >= 0.3 is 0 Å². The van der Waals surface area contributed by atoms with Gasteiger partial charge in [0.25, 0.3) is 5.91 Å². The van der Waals surface area contributed by atoms with Gasteiger partial charge in [-0.3, -0.25) is 14.2 Å². The number of methoxy groups -OCH3 is 2. The third-order valence-electron chi connectivity index (χ3n) is 5.96. The number of hydrogen-bond donors (Lipinski definition) is 2. The van der Waals surface area contributed by atoms with Gasteiger partial charge in [0.15, 0.2) is 11.0 Å². The fraction of sp³-hybridized carbons (Fsp3) is 0.214. The lowest BCUT2D eigenvalue weighted by atomic mass is 10.1. The van der Waals surface area contributed by atoms with Crippen molar-refractivity contribution < 1.29 is 19.1 Å². The van der Waals surface area contributed by atoms with E-state index in [9.17, 15) is 9.59 Å². The predicted molar refractivity (Wildman–Crippen MR) is 147 cm³/mol. The first-order chi connectivity index (χ1) is 18.4. The van der Waals surface area contributed by atoms with E-state index in [0.29, 0.717) is 33.7 Å². The van der Waals surface area contributed by atoms with Crippen LogP contribution in [0.25, 0.3) is 5.69 Å². The van der Waals surface area contributed by atoms with Gasteiger partial charge in [-0.2, -0.15) is 0 Å². The van der Waals surface area contributed by atoms with E-state index in [1.165, 1.54) is 11.8 Å². The molecule has 0 bridgehead atoms. The van der Waals surface area contributed by atoms with Crippen LogP contribution in [0.5, 0.6) is 11.5 Å². The Bertz CT molecular complexity index is 1440. The summed E-state index contributed by atoms with van der Waals surface area (Å²) in [6, 6.07) is 20.0. The summed E-state index contributed by atoms with van der Waals surface area (Å²) in [7, 11) is 3.15. The van der Waals surface area contributed by atoms with Crippen LogP contribution in [0.1, 0.15) is 27.3 Å². The van der Waals surface area contributed by atoms with Gasteiger partial charge in [-0.05, 0) is 73.5 Å². The smallest absolute Gasteiger partial charge is 0.251 e. The maximum absolute atomic E-state index is 12.8. The van der Waals surface area contributed by atoms with Crippen molar-refractivity contribution in [3.63, 3.8) is 0 Å². The van der Waals surface area contributed by atoms with Crippen molar-refractivity contribution in [2.45, 2.75) is 25.5 Å². The molecule has 0 fully saturated rings. The van der Waals surface area contributed by atoms with Gasteiger partial charge in [0.1, 0.15) is 11.5 Å². The minimum atomic E-state index is -0.257. The first kappa shape index (κ1) is 26.7. The van der Waals surface area contributed by atoms with Crippen molar-refractivity contribution in [2.24, 2.45) is 0 Å². The summed E-state index contributed by atoms with van der Waals surface area (Å²) in [5.41, 5.74) is 4.20. The molecule has 2 amide bonds. The van der Waals surface area contributed by atoms with E-state index >= 15 is 0 Å². The molecule has 4 rings (SSSR count). The van der Waals surface area contributed by atoms with Crippen LogP contribution in [0, 0.1) is 13.8 Å². The number of hydrogen-bond acceptors (Lipinski definition) is 7. The van der Waals surface area contributed by atoms with Crippen LogP contribution >= 0.6 is 11.8 Å². The highest BCUT2D eigenvalue weighted by Gasteiger charge is 2.19. The van der Waals surface area contributed by atoms with Gasteiger partial charge in [-0.1, -0.05) is 30.0 Å². The molecule has 0 spiro atoms. The first-order valence-electron chi connectivity index (χ1n) is 11.9. The van der Waals surface area contributed by atoms with E-state index in [0.717, 1.165) is 16.8 Å². The Balaban J connectivity index is 1.52. The molecule has 38 heavy (non-hydrogen) atoms. The molecule has 9 nitrogen and oxygen atoms in total. The Morgan fingerprint density at radius 2 is 1.66 bits per heavy atom. The molecule has 1 heterocycles. The van der Waals surface area contributed by atoms with Crippen LogP contribution in [0.2, 0.25) is 0 Å². The van der Waals surface area contributed by atoms with Crippen molar-refractivity contribution in [2.75, 3.05) is 25.3 Å². The average molecular weight is 532 g/mol. The molecule has 0 unspecified atom stereocenters. The Morgan fingerprint density at radius 1 is 0.921 bits per heavy atom. The topological polar surface area (TPSA) is 107 Å². The van der Waals surface area contributed by atoms with E-state index < -0.39 is 0 Å². The Hall–Kier alpha value is -4.31. The number of benzene rings is 3. The molecular weight excluding hydrogens is 502 g/mol. The maximum Gasteiger partial charge on any atom is 0.251 e. The molecule has 4 aromatic rings. The number of nitrogens with one attached hydrogen (secondary N) is 2. The van der Waals surface area contributed by atoms with Crippen LogP contribution in [0.15, 0.2) is 71.9 Å². The Kier molecular flexibility index (Phi) is 8.65. The van der Waals surface area contributed by atoms with E-state index in [2.05, 4.69) is 20.8 Å². The monoisotopic (exact) mass is 531 g/mol. The zero-order valence-corrected chi connectivity index (χ0v) is 22.5. The van der Waals surface area contributed by atoms with Crippen molar-refractivity contribution in [1.82, 2.24) is 20.1 Å². The maximum atomic E-state index is 12.8. The first-order valence-corrected chi connectivity index (χ1v) is 12.9. The molecule has 0 aliphatic carbocycles. The highest BCUT2D eigenvalue weighted by atomic mass is 32.2. The second-order valence-corrected chi connectivity index (χ2v) is 9.38. The lowest BCUT2D eigenvalue weighted by molar-refractivity contribution is -0.113.